The molecule has 1 aromatic carbocycles. The summed E-state index contributed by atoms with van der Waals surface area (Å²) in [7, 11) is 0. The first-order valence-electron chi connectivity index (χ1n) is 4.67. The molecule has 0 aliphatic heterocycles. The third kappa shape index (κ3) is 1.59. The van der Waals surface area contributed by atoms with Gasteiger partial charge in [0.1, 0.15) is 5.58 Å². The van der Waals surface area contributed by atoms with E-state index in [2.05, 4.69) is 54.9 Å². The molecular weight excluding hydrogens is 240 g/mol. The van der Waals surface area contributed by atoms with E-state index in [1.54, 1.807) is 0 Å². The summed E-state index contributed by atoms with van der Waals surface area (Å²) in [6.45, 7) is 6.58. The molecular formula is C12H13BrO. The average molecular weight is 253 g/mol. The maximum absolute atomic E-state index is 5.64. The maximum Gasteiger partial charge on any atom is 0.170 e. The minimum Gasteiger partial charge on any atom is -0.449 e. The summed E-state index contributed by atoms with van der Waals surface area (Å²) >= 11 is 3.36. The normalized spacial score (nSPS) is 12.3. The Bertz CT molecular complexity index is 463. The van der Waals surface area contributed by atoms with E-state index in [-0.39, 0.29) is 5.41 Å². The molecule has 0 aliphatic carbocycles. The second-order valence-electron chi connectivity index (χ2n) is 4.52. The Labute approximate surface area is 92.2 Å². The number of para-hydroxylation sites is 1. The number of furan rings is 1. The fourth-order valence-corrected chi connectivity index (χ4v) is 2.03. The van der Waals surface area contributed by atoms with Crippen molar-refractivity contribution in [2.24, 2.45) is 0 Å². The predicted octanol–water partition coefficient (Wildman–Crippen LogP) is 4.49. The molecule has 14 heavy (non-hydrogen) atoms. The molecule has 0 spiro atoms. The summed E-state index contributed by atoms with van der Waals surface area (Å²) in [5.74, 6) is 0. The van der Waals surface area contributed by atoms with Gasteiger partial charge in [0.05, 0.1) is 0 Å². The van der Waals surface area contributed by atoms with Crippen LogP contribution in [0.2, 0.25) is 0 Å². The van der Waals surface area contributed by atoms with Crippen molar-refractivity contribution in [3.05, 3.63) is 34.5 Å². The van der Waals surface area contributed by atoms with Crippen LogP contribution in [0, 0.1) is 0 Å². The second-order valence-corrected chi connectivity index (χ2v) is 5.31. The minimum atomic E-state index is 0.122. The van der Waals surface area contributed by atoms with E-state index in [0.29, 0.717) is 0 Å². The number of halogens is 1. The van der Waals surface area contributed by atoms with Crippen molar-refractivity contribution in [1.82, 2.24) is 0 Å². The molecule has 0 N–H and O–H groups in total. The fourth-order valence-electron chi connectivity index (χ4n) is 1.62. The molecule has 0 bridgehead atoms. The van der Waals surface area contributed by atoms with Crippen molar-refractivity contribution >= 4 is 26.9 Å². The van der Waals surface area contributed by atoms with Gasteiger partial charge in [-0.2, -0.15) is 0 Å². The largest absolute Gasteiger partial charge is 0.449 e. The van der Waals surface area contributed by atoms with Crippen LogP contribution in [-0.2, 0) is 5.41 Å². The van der Waals surface area contributed by atoms with Gasteiger partial charge in [0, 0.05) is 10.9 Å². The number of fused-ring (bicyclic) bond motifs is 1. The lowest BCUT2D eigenvalue weighted by Gasteiger charge is -2.18. The van der Waals surface area contributed by atoms with Gasteiger partial charge in [-0.1, -0.05) is 39.0 Å². The molecule has 0 radical (unpaired) electrons. The van der Waals surface area contributed by atoms with Gasteiger partial charge < -0.3 is 4.42 Å². The van der Waals surface area contributed by atoms with Crippen molar-refractivity contribution in [1.29, 1.82) is 0 Å². The van der Waals surface area contributed by atoms with Gasteiger partial charge in [0.25, 0.3) is 0 Å². The molecule has 2 rings (SSSR count). The number of hydrogen-bond acceptors (Lipinski definition) is 1. The molecule has 1 heterocycles. The molecule has 0 saturated heterocycles. The molecule has 74 valence electrons. The van der Waals surface area contributed by atoms with E-state index in [4.69, 9.17) is 4.42 Å². The first-order chi connectivity index (χ1) is 6.48. The number of hydrogen-bond donors (Lipinski definition) is 0. The van der Waals surface area contributed by atoms with E-state index < -0.39 is 0 Å². The quantitative estimate of drug-likeness (QED) is 0.674. The van der Waals surface area contributed by atoms with Crippen molar-refractivity contribution in [3.63, 3.8) is 0 Å². The number of rotatable bonds is 0. The van der Waals surface area contributed by atoms with Gasteiger partial charge in [0.15, 0.2) is 4.67 Å². The highest BCUT2D eigenvalue weighted by molar-refractivity contribution is 9.10. The van der Waals surface area contributed by atoms with Crippen molar-refractivity contribution in [2.45, 2.75) is 26.2 Å². The molecule has 1 aromatic heterocycles. The fraction of sp³-hybridized carbons (Fsp3) is 0.333. The molecule has 1 nitrogen and oxygen atoms in total. The molecule has 0 aliphatic rings. The van der Waals surface area contributed by atoms with Crippen LogP contribution in [0.5, 0.6) is 0 Å². The second kappa shape index (κ2) is 3.13. The van der Waals surface area contributed by atoms with Crippen LogP contribution in [0.3, 0.4) is 0 Å². The Balaban J connectivity index is 2.77. The Morgan fingerprint density at radius 1 is 1.21 bits per heavy atom. The third-order valence-electron chi connectivity index (χ3n) is 2.32. The smallest absolute Gasteiger partial charge is 0.170 e. The summed E-state index contributed by atoms with van der Waals surface area (Å²) < 4.78 is 6.44. The third-order valence-corrected chi connectivity index (χ3v) is 2.71. The lowest BCUT2D eigenvalue weighted by atomic mass is 9.86. The molecule has 0 unspecified atom stereocenters. The number of benzene rings is 1. The van der Waals surface area contributed by atoms with Gasteiger partial charge in [-0.25, -0.2) is 0 Å². The maximum atomic E-state index is 5.64. The predicted molar refractivity (Wildman–Crippen MR) is 62.6 cm³/mol. The van der Waals surface area contributed by atoms with Crippen LogP contribution in [0.4, 0.5) is 0 Å². The zero-order chi connectivity index (χ0) is 10.3. The van der Waals surface area contributed by atoms with Crippen molar-refractivity contribution < 1.29 is 4.42 Å². The zero-order valence-electron chi connectivity index (χ0n) is 8.60. The van der Waals surface area contributed by atoms with Crippen molar-refractivity contribution in [3.8, 4) is 0 Å². The summed E-state index contributed by atoms with van der Waals surface area (Å²) in [5.41, 5.74) is 2.36. The molecule has 0 saturated carbocycles. The Morgan fingerprint density at radius 3 is 2.57 bits per heavy atom. The lowest BCUT2D eigenvalue weighted by molar-refractivity contribution is 0.546. The zero-order valence-corrected chi connectivity index (χ0v) is 10.2. The average Bonchev–Trinajstić information content (AvgIpc) is 2.41. The van der Waals surface area contributed by atoms with E-state index in [1.807, 2.05) is 6.07 Å². The van der Waals surface area contributed by atoms with Crippen LogP contribution < -0.4 is 0 Å². The first kappa shape index (κ1) is 9.78. The standard InChI is InChI=1S/C12H13BrO/c1-12(2,3)9-6-4-5-8-7-10(13)14-11(8)9/h4-7H,1-3H3. The summed E-state index contributed by atoms with van der Waals surface area (Å²) in [4.78, 5) is 0. The molecule has 0 fully saturated rings. The molecule has 2 aromatic rings. The molecule has 2 heteroatoms. The Hall–Kier alpha value is -0.760. The van der Waals surface area contributed by atoms with Crippen LogP contribution in [-0.4, -0.2) is 0 Å². The highest BCUT2D eigenvalue weighted by atomic mass is 79.9. The van der Waals surface area contributed by atoms with Gasteiger partial charge in [-0.3, -0.25) is 0 Å². The lowest BCUT2D eigenvalue weighted by Crippen LogP contribution is -2.10. The van der Waals surface area contributed by atoms with E-state index in [9.17, 15) is 0 Å². The van der Waals surface area contributed by atoms with Gasteiger partial charge in [-0.15, -0.1) is 0 Å². The van der Waals surface area contributed by atoms with Crippen LogP contribution in [0.1, 0.15) is 26.3 Å². The first-order valence-corrected chi connectivity index (χ1v) is 5.46. The topological polar surface area (TPSA) is 13.1 Å². The van der Waals surface area contributed by atoms with Gasteiger partial charge >= 0.3 is 0 Å². The molecule has 0 atom stereocenters. The van der Waals surface area contributed by atoms with Crippen LogP contribution in [0.25, 0.3) is 11.0 Å². The van der Waals surface area contributed by atoms with E-state index in [1.165, 1.54) is 5.56 Å². The van der Waals surface area contributed by atoms with Gasteiger partial charge in [0.2, 0.25) is 0 Å². The van der Waals surface area contributed by atoms with Crippen LogP contribution in [0.15, 0.2) is 33.4 Å². The molecule has 0 amide bonds. The summed E-state index contributed by atoms with van der Waals surface area (Å²) in [6.07, 6.45) is 0. The summed E-state index contributed by atoms with van der Waals surface area (Å²) in [5, 5.41) is 1.16. The highest BCUT2D eigenvalue weighted by Gasteiger charge is 2.18. The monoisotopic (exact) mass is 252 g/mol. The Kier molecular flexibility index (Phi) is 2.18. The highest BCUT2D eigenvalue weighted by Crippen LogP contribution is 2.33. The SMILES string of the molecule is CC(C)(C)c1cccc2cc(Br)oc12. The van der Waals surface area contributed by atoms with Crippen molar-refractivity contribution in [2.75, 3.05) is 0 Å². The van der Waals surface area contributed by atoms with Gasteiger partial charge in [-0.05, 0) is 27.4 Å². The summed E-state index contributed by atoms with van der Waals surface area (Å²) in [6, 6.07) is 8.27. The van der Waals surface area contributed by atoms with E-state index in [0.717, 1.165) is 15.6 Å². The Morgan fingerprint density at radius 2 is 1.93 bits per heavy atom. The van der Waals surface area contributed by atoms with E-state index >= 15 is 0 Å². The minimum absolute atomic E-state index is 0.122. The van der Waals surface area contributed by atoms with Crippen LogP contribution >= 0.6 is 15.9 Å².